The molecule has 1 N–H and O–H groups in total. The van der Waals surface area contributed by atoms with E-state index < -0.39 is 11.4 Å². The highest BCUT2D eigenvalue weighted by Crippen LogP contribution is 2.48. The summed E-state index contributed by atoms with van der Waals surface area (Å²) in [5.41, 5.74) is 0.835. The van der Waals surface area contributed by atoms with Crippen molar-refractivity contribution in [3.63, 3.8) is 0 Å². The Morgan fingerprint density at radius 2 is 2.00 bits per heavy atom. The molecule has 23 heavy (non-hydrogen) atoms. The number of aliphatic carboxylic acids is 1. The SMILES string of the molecule is CC(CC(=O)Cc1csc(-c2ccccc2)n1)(C(=O)O)C1CC1. The van der Waals surface area contributed by atoms with Crippen LogP contribution in [0.25, 0.3) is 10.6 Å². The molecule has 1 atom stereocenters. The van der Waals surface area contributed by atoms with Gasteiger partial charge in [0.05, 0.1) is 11.1 Å². The number of hydrogen-bond donors (Lipinski definition) is 1. The van der Waals surface area contributed by atoms with E-state index in [1.807, 2.05) is 35.7 Å². The molecule has 0 spiro atoms. The Morgan fingerprint density at radius 3 is 2.61 bits per heavy atom. The second kappa shape index (κ2) is 6.24. The van der Waals surface area contributed by atoms with Crippen molar-refractivity contribution < 1.29 is 14.7 Å². The van der Waals surface area contributed by atoms with Crippen LogP contribution < -0.4 is 0 Å². The predicted molar refractivity (Wildman–Crippen MR) is 89.3 cm³/mol. The quantitative estimate of drug-likeness (QED) is 0.838. The summed E-state index contributed by atoms with van der Waals surface area (Å²) < 4.78 is 0. The van der Waals surface area contributed by atoms with Crippen LogP contribution in [0.2, 0.25) is 0 Å². The summed E-state index contributed by atoms with van der Waals surface area (Å²) in [5, 5.41) is 12.2. The lowest BCUT2D eigenvalue weighted by molar-refractivity contribution is -0.151. The predicted octanol–water partition coefficient (Wildman–Crippen LogP) is 3.81. The lowest BCUT2D eigenvalue weighted by atomic mass is 9.79. The zero-order valence-electron chi connectivity index (χ0n) is 13.0. The van der Waals surface area contributed by atoms with Gasteiger partial charge in [-0.15, -0.1) is 11.3 Å². The number of thiazole rings is 1. The molecule has 0 aliphatic heterocycles. The summed E-state index contributed by atoms with van der Waals surface area (Å²) in [6.45, 7) is 1.70. The number of carbonyl (C=O) groups is 2. The summed E-state index contributed by atoms with van der Waals surface area (Å²) in [5.74, 6) is -0.775. The first kappa shape index (κ1) is 15.9. The van der Waals surface area contributed by atoms with Crippen LogP contribution in [0.3, 0.4) is 0 Å². The number of Topliss-reactive ketones (excluding diaryl/α,β-unsaturated/α-hetero) is 1. The van der Waals surface area contributed by atoms with E-state index in [9.17, 15) is 14.7 Å². The second-order valence-electron chi connectivity index (χ2n) is 6.40. The van der Waals surface area contributed by atoms with E-state index in [2.05, 4.69) is 4.98 Å². The number of ketones is 1. The minimum Gasteiger partial charge on any atom is -0.481 e. The van der Waals surface area contributed by atoms with Crippen LogP contribution in [0, 0.1) is 11.3 Å². The van der Waals surface area contributed by atoms with Gasteiger partial charge in [-0.05, 0) is 25.7 Å². The molecule has 3 rings (SSSR count). The molecular weight excluding hydrogens is 310 g/mol. The summed E-state index contributed by atoms with van der Waals surface area (Å²) in [6, 6.07) is 9.83. The third-order valence-corrected chi connectivity index (χ3v) is 5.42. The Balaban J connectivity index is 1.67. The van der Waals surface area contributed by atoms with Gasteiger partial charge in [-0.3, -0.25) is 9.59 Å². The average molecular weight is 329 g/mol. The van der Waals surface area contributed by atoms with Crippen molar-refractivity contribution in [2.24, 2.45) is 11.3 Å². The first-order valence-electron chi connectivity index (χ1n) is 7.74. The van der Waals surface area contributed by atoms with Gasteiger partial charge in [-0.25, -0.2) is 4.98 Å². The van der Waals surface area contributed by atoms with Crippen molar-refractivity contribution in [3.8, 4) is 10.6 Å². The van der Waals surface area contributed by atoms with Crippen molar-refractivity contribution >= 4 is 23.1 Å². The van der Waals surface area contributed by atoms with Gasteiger partial charge in [-0.2, -0.15) is 0 Å². The molecular formula is C18H19NO3S. The highest BCUT2D eigenvalue weighted by molar-refractivity contribution is 7.13. The fourth-order valence-electron chi connectivity index (χ4n) is 2.89. The molecule has 1 aromatic heterocycles. The lowest BCUT2D eigenvalue weighted by Gasteiger charge is -2.23. The first-order chi connectivity index (χ1) is 11.0. The molecule has 4 nitrogen and oxygen atoms in total. The fraction of sp³-hybridized carbons (Fsp3) is 0.389. The van der Waals surface area contributed by atoms with Crippen LogP contribution in [0.4, 0.5) is 0 Å². The summed E-state index contributed by atoms with van der Waals surface area (Å²) >= 11 is 1.51. The van der Waals surface area contributed by atoms with E-state index in [1.165, 1.54) is 11.3 Å². The standard InChI is InChI=1S/C18H19NO3S/c1-18(17(21)22,13-7-8-13)10-15(20)9-14-11-23-16(19-14)12-5-3-2-4-6-12/h2-6,11,13H,7-10H2,1H3,(H,21,22). The molecule has 2 aromatic rings. The monoisotopic (exact) mass is 329 g/mol. The Kier molecular flexibility index (Phi) is 4.31. The van der Waals surface area contributed by atoms with Gasteiger partial charge < -0.3 is 5.11 Å². The zero-order valence-corrected chi connectivity index (χ0v) is 13.8. The number of rotatable bonds is 7. The number of hydrogen-bond acceptors (Lipinski definition) is 4. The van der Waals surface area contributed by atoms with Gasteiger partial charge >= 0.3 is 5.97 Å². The van der Waals surface area contributed by atoms with E-state index in [-0.39, 0.29) is 24.5 Å². The largest absolute Gasteiger partial charge is 0.481 e. The lowest BCUT2D eigenvalue weighted by Crippen LogP contribution is -2.33. The molecule has 120 valence electrons. The molecule has 5 heteroatoms. The Morgan fingerprint density at radius 1 is 1.30 bits per heavy atom. The molecule has 0 amide bonds. The number of nitrogens with zero attached hydrogens (tertiary/aromatic N) is 1. The minimum absolute atomic E-state index is 0.0493. The van der Waals surface area contributed by atoms with Crippen LogP contribution in [-0.2, 0) is 16.0 Å². The molecule has 0 radical (unpaired) electrons. The van der Waals surface area contributed by atoms with Crippen molar-refractivity contribution in [1.29, 1.82) is 0 Å². The van der Waals surface area contributed by atoms with Gasteiger partial charge in [-0.1, -0.05) is 30.3 Å². The maximum Gasteiger partial charge on any atom is 0.310 e. The number of carbonyl (C=O) groups excluding carboxylic acids is 1. The third kappa shape index (κ3) is 3.50. The highest BCUT2D eigenvalue weighted by atomic mass is 32.1. The molecule has 1 fully saturated rings. The maximum atomic E-state index is 12.3. The molecule has 1 aromatic carbocycles. The molecule has 1 aliphatic rings. The smallest absolute Gasteiger partial charge is 0.310 e. The van der Waals surface area contributed by atoms with Crippen molar-refractivity contribution in [3.05, 3.63) is 41.4 Å². The Bertz CT molecular complexity index is 721. The van der Waals surface area contributed by atoms with Crippen LogP contribution in [0.1, 0.15) is 31.9 Å². The Labute approximate surface area is 139 Å². The van der Waals surface area contributed by atoms with E-state index in [4.69, 9.17) is 0 Å². The average Bonchev–Trinajstić information content (AvgIpc) is 3.29. The van der Waals surface area contributed by atoms with Crippen molar-refractivity contribution in [2.75, 3.05) is 0 Å². The van der Waals surface area contributed by atoms with Crippen molar-refractivity contribution in [2.45, 2.75) is 32.6 Å². The summed E-state index contributed by atoms with van der Waals surface area (Å²) in [6.07, 6.45) is 2.11. The van der Waals surface area contributed by atoms with Crippen LogP contribution in [-0.4, -0.2) is 21.8 Å². The zero-order chi connectivity index (χ0) is 16.4. The van der Waals surface area contributed by atoms with Gasteiger partial charge in [0, 0.05) is 23.8 Å². The number of aromatic nitrogens is 1. The first-order valence-corrected chi connectivity index (χ1v) is 8.62. The normalized spacial score (nSPS) is 16.7. The number of benzene rings is 1. The van der Waals surface area contributed by atoms with Gasteiger partial charge in [0.2, 0.25) is 0 Å². The van der Waals surface area contributed by atoms with Crippen LogP contribution >= 0.6 is 11.3 Å². The van der Waals surface area contributed by atoms with Crippen LogP contribution in [0.5, 0.6) is 0 Å². The van der Waals surface area contributed by atoms with Gasteiger partial charge in [0.1, 0.15) is 10.8 Å². The van der Waals surface area contributed by atoms with Gasteiger partial charge in [0.25, 0.3) is 0 Å². The molecule has 1 aliphatic carbocycles. The summed E-state index contributed by atoms with van der Waals surface area (Å²) in [7, 11) is 0. The topological polar surface area (TPSA) is 67.3 Å². The van der Waals surface area contributed by atoms with Crippen molar-refractivity contribution in [1.82, 2.24) is 4.98 Å². The van der Waals surface area contributed by atoms with E-state index in [0.717, 1.165) is 29.1 Å². The van der Waals surface area contributed by atoms with Gasteiger partial charge in [0.15, 0.2) is 0 Å². The summed E-state index contributed by atoms with van der Waals surface area (Å²) in [4.78, 5) is 28.3. The molecule has 1 saturated carbocycles. The van der Waals surface area contributed by atoms with E-state index >= 15 is 0 Å². The minimum atomic E-state index is -0.921. The van der Waals surface area contributed by atoms with E-state index in [0.29, 0.717) is 0 Å². The molecule has 1 heterocycles. The second-order valence-corrected chi connectivity index (χ2v) is 7.26. The molecule has 1 unspecified atom stereocenters. The highest BCUT2D eigenvalue weighted by Gasteiger charge is 2.48. The number of carboxylic acid groups (broad SMARTS) is 1. The Hall–Kier alpha value is -2.01. The van der Waals surface area contributed by atoms with E-state index in [1.54, 1.807) is 6.92 Å². The molecule has 0 bridgehead atoms. The van der Waals surface area contributed by atoms with Crippen LogP contribution in [0.15, 0.2) is 35.7 Å². The third-order valence-electron chi connectivity index (χ3n) is 4.48. The number of carboxylic acids is 1. The maximum absolute atomic E-state index is 12.3. The fourth-order valence-corrected chi connectivity index (χ4v) is 3.72. The molecule has 0 saturated heterocycles.